The van der Waals surface area contributed by atoms with Gasteiger partial charge in [-0.2, -0.15) is 8.42 Å². The molecule has 0 saturated carbocycles. The third-order valence-electron chi connectivity index (χ3n) is 4.20. The van der Waals surface area contributed by atoms with Gasteiger partial charge in [0.15, 0.2) is 0 Å². The number of nitrogens with one attached hydrogen (secondary N) is 1. The SMILES string of the molecule is C=CCCCCCc1cn(CCOCCOCCOCCOC(=O)ONCCS(=O)(=O)O)nn1. The molecule has 0 amide bonds. The van der Waals surface area contributed by atoms with Crippen molar-refractivity contribution in [2.24, 2.45) is 0 Å². The maximum atomic E-state index is 11.2. The fraction of sp³-hybridized carbons (Fsp3) is 0.750. The molecule has 14 heteroatoms. The lowest BCUT2D eigenvalue weighted by molar-refractivity contribution is -0.0140. The summed E-state index contributed by atoms with van der Waals surface area (Å²) >= 11 is 0. The van der Waals surface area contributed by atoms with Crippen LogP contribution in [-0.2, 0) is 46.9 Å². The van der Waals surface area contributed by atoms with Gasteiger partial charge in [-0.15, -0.1) is 17.2 Å². The van der Waals surface area contributed by atoms with E-state index >= 15 is 0 Å². The summed E-state index contributed by atoms with van der Waals surface area (Å²) in [7, 11) is -4.12. The van der Waals surface area contributed by atoms with Crippen molar-refractivity contribution in [1.29, 1.82) is 0 Å². The molecule has 1 rings (SSSR count). The number of aromatic nitrogens is 3. The lowest BCUT2D eigenvalue weighted by Crippen LogP contribution is -2.27. The fourth-order valence-corrected chi connectivity index (χ4v) is 2.87. The van der Waals surface area contributed by atoms with Crippen molar-refractivity contribution < 1.29 is 41.6 Å². The number of aryl methyl sites for hydroxylation is 1. The molecule has 0 saturated heterocycles. The van der Waals surface area contributed by atoms with Crippen molar-refractivity contribution in [2.45, 2.75) is 38.6 Å². The van der Waals surface area contributed by atoms with Gasteiger partial charge >= 0.3 is 6.16 Å². The van der Waals surface area contributed by atoms with E-state index < -0.39 is 22.0 Å². The molecule has 0 aliphatic heterocycles. The van der Waals surface area contributed by atoms with Crippen molar-refractivity contribution in [3.8, 4) is 0 Å². The van der Waals surface area contributed by atoms with Crippen molar-refractivity contribution in [3.63, 3.8) is 0 Å². The summed E-state index contributed by atoms with van der Waals surface area (Å²) in [5, 5.41) is 8.27. The van der Waals surface area contributed by atoms with Crippen LogP contribution in [0.1, 0.15) is 31.4 Å². The van der Waals surface area contributed by atoms with Crippen molar-refractivity contribution in [3.05, 3.63) is 24.5 Å². The van der Waals surface area contributed by atoms with Gasteiger partial charge in [-0.25, -0.2) is 9.48 Å². The lowest BCUT2D eigenvalue weighted by Gasteiger charge is -2.08. The maximum Gasteiger partial charge on any atom is 0.527 e. The summed E-state index contributed by atoms with van der Waals surface area (Å²) in [6.45, 7) is 6.27. The van der Waals surface area contributed by atoms with E-state index in [-0.39, 0.29) is 19.8 Å². The Morgan fingerprint density at radius 2 is 1.74 bits per heavy atom. The van der Waals surface area contributed by atoms with Crippen molar-refractivity contribution in [1.82, 2.24) is 20.5 Å². The molecule has 196 valence electrons. The number of unbranched alkanes of at least 4 members (excludes halogenated alkanes) is 3. The highest BCUT2D eigenvalue weighted by atomic mass is 32.2. The monoisotopic (exact) mass is 508 g/mol. The highest BCUT2D eigenvalue weighted by Gasteiger charge is 2.07. The second-order valence-electron chi connectivity index (χ2n) is 7.08. The van der Waals surface area contributed by atoms with Crippen LogP contribution in [0.3, 0.4) is 0 Å². The zero-order valence-corrected chi connectivity index (χ0v) is 20.2. The first kappa shape index (κ1) is 29.9. The Morgan fingerprint density at radius 1 is 1.06 bits per heavy atom. The van der Waals surface area contributed by atoms with E-state index in [1.165, 1.54) is 0 Å². The van der Waals surface area contributed by atoms with Crippen molar-refractivity contribution >= 4 is 16.3 Å². The molecule has 0 atom stereocenters. The minimum Gasteiger partial charge on any atom is -0.431 e. The number of hydrogen-bond acceptors (Lipinski definition) is 11. The molecule has 0 unspecified atom stereocenters. The van der Waals surface area contributed by atoms with Crippen LogP contribution in [0.15, 0.2) is 18.9 Å². The van der Waals surface area contributed by atoms with Gasteiger partial charge in [0.2, 0.25) is 0 Å². The normalized spacial score (nSPS) is 11.4. The minimum atomic E-state index is -4.12. The Labute approximate surface area is 200 Å². The van der Waals surface area contributed by atoms with E-state index in [1.807, 2.05) is 12.3 Å². The molecule has 0 spiro atoms. The van der Waals surface area contributed by atoms with Gasteiger partial charge in [0.05, 0.1) is 57.6 Å². The maximum absolute atomic E-state index is 11.2. The van der Waals surface area contributed by atoms with Gasteiger partial charge in [0, 0.05) is 12.7 Å². The summed E-state index contributed by atoms with van der Waals surface area (Å²) < 4.78 is 52.0. The Balaban J connectivity index is 1.85. The molecule has 13 nitrogen and oxygen atoms in total. The molecule has 0 bridgehead atoms. The summed E-state index contributed by atoms with van der Waals surface area (Å²) in [6, 6.07) is 0. The van der Waals surface area contributed by atoms with Gasteiger partial charge in [0.1, 0.15) is 6.61 Å². The number of hydroxylamine groups is 1. The van der Waals surface area contributed by atoms with Crippen LogP contribution in [0.2, 0.25) is 0 Å². The molecule has 2 N–H and O–H groups in total. The fourth-order valence-electron chi connectivity index (χ4n) is 2.53. The second kappa shape index (κ2) is 19.2. The molecular formula is C20H36N4O9S. The summed E-state index contributed by atoms with van der Waals surface area (Å²) in [5.74, 6) is -0.589. The topological polar surface area (TPSA) is 160 Å². The van der Waals surface area contributed by atoms with Crippen LogP contribution in [0, 0.1) is 0 Å². The average Bonchev–Trinajstić information content (AvgIpc) is 3.24. The van der Waals surface area contributed by atoms with Crippen LogP contribution in [-0.4, -0.2) is 92.7 Å². The predicted octanol–water partition coefficient (Wildman–Crippen LogP) is 1.16. The van der Waals surface area contributed by atoms with E-state index in [9.17, 15) is 13.2 Å². The Hall–Kier alpha value is -2.10. The molecule has 0 radical (unpaired) electrons. The third-order valence-corrected chi connectivity index (χ3v) is 4.92. The number of nitrogens with zero attached hydrogens (tertiary/aromatic N) is 3. The first-order chi connectivity index (χ1) is 16.4. The highest BCUT2D eigenvalue weighted by molar-refractivity contribution is 7.85. The standard InChI is InChI=1S/C20H36N4O9S/c1-2-3-4-5-6-7-19-18-24(23-22-19)9-10-29-11-12-30-13-14-31-15-16-32-20(25)33-21-8-17-34(26,27)28/h2,18,21H,1,3-17H2,(H,26,27,28). The lowest BCUT2D eigenvalue weighted by atomic mass is 10.1. The van der Waals surface area contributed by atoms with E-state index in [4.69, 9.17) is 18.8 Å². The first-order valence-corrected chi connectivity index (χ1v) is 12.8. The predicted molar refractivity (Wildman–Crippen MR) is 122 cm³/mol. The number of hydrogen-bond donors (Lipinski definition) is 2. The summed E-state index contributed by atoms with van der Waals surface area (Å²) in [6.07, 6.45) is 8.27. The average molecular weight is 509 g/mol. The van der Waals surface area contributed by atoms with Crippen LogP contribution in [0.5, 0.6) is 0 Å². The van der Waals surface area contributed by atoms with Crippen LogP contribution in [0.4, 0.5) is 4.79 Å². The van der Waals surface area contributed by atoms with E-state index in [1.54, 1.807) is 4.68 Å². The Kier molecular flexibility index (Phi) is 16.9. The minimum absolute atomic E-state index is 0.0404. The van der Waals surface area contributed by atoms with Gasteiger partial charge < -0.3 is 23.8 Å². The molecule has 1 heterocycles. The number of ether oxygens (including phenoxy) is 4. The second-order valence-corrected chi connectivity index (χ2v) is 8.65. The van der Waals surface area contributed by atoms with Crippen LogP contribution >= 0.6 is 0 Å². The number of carbonyl (C=O) groups excluding carboxylic acids is 1. The number of rotatable bonds is 22. The largest absolute Gasteiger partial charge is 0.527 e. The molecule has 0 fully saturated rings. The molecular weight excluding hydrogens is 472 g/mol. The van der Waals surface area contributed by atoms with Crippen molar-refractivity contribution in [2.75, 3.05) is 58.5 Å². The van der Waals surface area contributed by atoms with E-state index in [0.717, 1.165) is 37.8 Å². The molecule has 0 aliphatic carbocycles. The van der Waals surface area contributed by atoms with Crippen LogP contribution < -0.4 is 5.48 Å². The van der Waals surface area contributed by atoms with Gasteiger partial charge in [-0.05, 0) is 25.7 Å². The molecule has 0 aliphatic rings. The molecule has 1 aromatic rings. The van der Waals surface area contributed by atoms with Crippen LogP contribution in [0.25, 0.3) is 0 Å². The van der Waals surface area contributed by atoms with Gasteiger partial charge in [-0.1, -0.05) is 17.7 Å². The van der Waals surface area contributed by atoms with Gasteiger partial charge in [0.25, 0.3) is 10.1 Å². The first-order valence-electron chi connectivity index (χ1n) is 11.2. The van der Waals surface area contributed by atoms with E-state index in [0.29, 0.717) is 39.6 Å². The third kappa shape index (κ3) is 18.3. The highest BCUT2D eigenvalue weighted by Crippen LogP contribution is 2.05. The Morgan fingerprint density at radius 3 is 2.41 bits per heavy atom. The number of carbonyl (C=O) groups is 1. The van der Waals surface area contributed by atoms with Gasteiger partial charge in [-0.3, -0.25) is 4.55 Å². The molecule has 34 heavy (non-hydrogen) atoms. The smallest absolute Gasteiger partial charge is 0.431 e. The zero-order chi connectivity index (χ0) is 24.9. The van der Waals surface area contributed by atoms with E-state index in [2.05, 4.69) is 31.9 Å². The number of allylic oxidation sites excluding steroid dienone is 1. The summed E-state index contributed by atoms with van der Waals surface area (Å²) in [4.78, 5) is 15.6. The zero-order valence-electron chi connectivity index (χ0n) is 19.4. The quantitative estimate of drug-likeness (QED) is 0.0757. The summed E-state index contributed by atoms with van der Waals surface area (Å²) in [5.41, 5.74) is 3.05. The Bertz CT molecular complexity index is 774. The molecule has 1 aromatic heterocycles. The molecule has 0 aromatic carbocycles.